The average molecular weight is 347 g/mol. The molecule has 1 aromatic heterocycles. The number of amides is 1. The van der Waals surface area contributed by atoms with Gasteiger partial charge in [0.25, 0.3) is 0 Å². The molecule has 0 bridgehead atoms. The minimum atomic E-state index is 0.0898. The zero-order valence-electron chi connectivity index (χ0n) is 15.4. The van der Waals surface area contributed by atoms with E-state index in [9.17, 15) is 4.79 Å². The molecule has 1 saturated carbocycles. The number of nitrogens with zero attached hydrogens (tertiary/aromatic N) is 4. The first-order valence-corrected chi connectivity index (χ1v) is 9.08. The number of nitrogens with one attached hydrogen (secondary N) is 1. The fourth-order valence-electron chi connectivity index (χ4n) is 3.69. The first-order valence-electron chi connectivity index (χ1n) is 9.08. The second kappa shape index (κ2) is 8.10. The van der Waals surface area contributed by atoms with Crippen LogP contribution in [0.15, 0.2) is 12.4 Å². The molecule has 2 fully saturated rings. The normalized spacial score (nSPS) is 23.3. The zero-order chi connectivity index (χ0) is 17.8. The van der Waals surface area contributed by atoms with Gasteiger partial charge in [0.05, 0.1) is 24.9 Å². The van der Waals surface area contributed by atoms with Crippen molar-refractivity contribution in [1.82, 2.24) is 20.2 Å². The summed E-state index contributed by atoms with van der Waals surface area (Å²) in [5, 5.41) is 3.27. The Morgan fingerprint density at radius 1 is 1.36 bits per heavy atom. The molecule has 1 aliphatic carbocycles. The summed E-state index contributed by atoms with van der Waals surface area (Å²) in [5.41, 5.74) is 0.948. The summed E-state index contributed by atoms with van der Waals surface area (Å²) in [6.45, 7) is 5.55. The van der Waals surface area contributed by atoms with E-state index in [0.29, 0.717) is 19.1 Å². The number of methoxy groups -OCH3 is 1. The summed E-state index contributed by atoms with van der Waals surface area (Å²) in [6, 6.07) is 0.192. The summed E-state index contributed by atoms with van der Waals surface area (Å²) in [4.78, 5) is 25.6. The molecule has 1 N–H and O–H groups in total. The van der Waals surface area contributed by atoms with E-state index in [4.69, 9.17) is 4.74 Å². The van der Waals surface area contributed by atoms with E-state index in [0.717, 1.165) is 37.1 Å². The highest BCUT2D eigenvalue weighted by atomic mass is 16.5. The molecule has 7 nitrogen and oxygen atoms in total. The number of ether oxygens (including phenoxy) is 1. The lowest BCUT2D eigenvalue weighted by atomic mass is 9.98. The Balaban J connectivity index is 1.60. The summed E-state index contributed by atoms with van der Waals surface area (Å²) in [7, 11) is 3.62. The molecule has 138 valence electrons. The quantitative estimate of drug-likeness (QED) is 0.746. The monoisotopic (exact) mass is 347 g/mol. The van der Waals surface area contributed by atoms with E-state index in [-0.39, 0.29) is 11.9 Å². The summed E-state index contributed by atoms with van der Waals surface area (Å²) >= 11 is 0. The SMILES string of the molecule is COCCN(C)CC(=O)N[C@H]1CN(c2nccnc2C)C[C@@H]1C1CC1. The minimum Gasteiger partial charge on any atom is -0.383 e. The van der Waals surface area contributed by atoms with Crippen molar-refractivity contribution in [3.63, 3.8) is 0 Å². The van der Waals surface area contributed by atoms with Crippen LogP contribution in [-0.4, -0.2) is 73.8 Å². The maximum Gasteiger partial charge on any atom is 0.234 e. The van der Waals surface area contributed by atoms with Gasteiger partial charge in [-0.3, -0.25) is 14.7 Å². The van der Waals surface area contributed by atoms with E-state index in [1.54, 1.807) is 19.5 Å². The molecule has 0 spiro atoms. The number of anilines is 1. The Morgan fingerprint density at radius 3 is 2.80 bits per heavy atom. The number of carbonyl (C=O) groups excluding carboxylic acids is 1. The molecule has 1 aliphatic heterocycles. The number of carbonyl (C=O) groups is 1. The third kappa shape index (κ3) is 4.67. The second-order valence-electron chi connectivity index (χ2n) is 7.28. The Morgan fingerprint density at radius 2 is 2.12 bits per heavy atom. The summed E-state index contributed by atoms with van der Waals surface area (Å²) < 4.78 is 5.07. The predicted molar refractivity (Wildman–Crippen MR) is 96.5 cm³/mol. The molecule has 3 rings (SSSR count). The van der Waals surface area contributed by atoms with Gasteiger partial charge in [0.1, 0.15) is 5.82 Å². The van der Waals surface area contributed by atoms with Gasteiger partial charge in [0.2, 0.25) is 5.91 Å². The van der Waals surface area contributed by atoms with E-state index in [1.807, 2.05) is 18.9 Å². The van der Waals surface area contributed by atoms with Crippen LogP contribution in [0.5, 0.6) is 0 Å². The van der Waals surface area contributed by atoms with Gasteiger partial charge >= 0.3 is 0 Å². The van der Waals surface area contributed by atoms with Crippen LogP contribution in [-0.2, 0) is 9.53 Å². The van der Waals surface area contributed by atoms with Gasteiger partial charge in [-0.25, -0.2) is 4.98 Å². The Kier molecular flexibility index (Phi) is 5.86. The fraction of sp³-hybridized carbons (Fsp3) is 0.722. The standard InChI is InChI=1S/C18H29N5O2/c1-13-18(20-7-6-19-13)23-10-15(14-4-5-14)16(11-23)21-17(24)12-22(2)8-9-25-3/h6-7,14-16H,4-5,8-12H2,1-3H3,(H,21,24)/t15-,16+/m1/s1. The predicted octanol–water partition coefficient (Wildman–Crippen LogP) is 0.694. The van der Waals surface area contributed by atoms with Gasteiger partial charge in [-0.2, -0.15) is 0 Å². The molecule has 25 heavy (non-hydrogen) atoms. The number of rotatable bonds is 8. The Labute approximate surface area is 149 Å². The van der Waals surface area contributed by atoms with Gasteiger partial charge in [-0.15, -0.1) is 0 Å². The second-order valence-corrected chi connectivity index (χ2v) is 7.28. The third-order valence-corrected chi connectivity index (χ3v) is 5.18. The first-order chi connectivity index (χ1) is 12.1. The molecule has 0 radical (unpaired) electrons. The van der Waals surface area contributed by atoms with Crippen molar-refractivity contribution >= 4 is 11.7 Å². The van der Waals surface area contributed by atoms with Gasteiger partial charge < -0.3 is 15.0 Å². The van der Waals surface area contributed by atoms with E-state index in [2.05, 4.69) is 20.2 Å². The number of likely N-dealkylation sites (N-methyl/N-ethyl adjacent to an activating group) is 1. The van der Waals surface area contributed by atoms with Crippen LogP contribution in [0, 0.1) is 18.8 Å². The molecule has 2 atom stereocenters. The molecule has 0 aromatic carbocycles. The zero-order valence-corrected chi connectivity index (χ0v) is 15.4. The van der Waals surface area contributed by atoms with Gasteiger partial charge in [-0.1, -0.05) is 0 Å². The van der Waals surface area contributed by atoms with Gasteiger partial charge in [-0.05, 0) is 32.7 Å². The van der Waals surface area contributed by atoms with Crippen LogP contribution >= 0.6 is 0 Å². The largest absolute Gasteiger partial charge is 0.383 e. The van der Waals surface area contributed by atoms with Crippen molar-refractivity contribution in [3.05, 3.63) is 18.1 Å². The highest BCUT2D eigenvalue weighted by molar-refractivity contribution is 5.78. The van der Waals surface area contributed by atoms with Gasteiger partial charge in [0.15, 0.2) is 0 Å². The van der Waals surface area contributed by atoms with Crippen molar-refractivity contribution in [2.75, 3.05) is 51.8 Å². The Bertz CT molecular complexity index is 593. The number of aryl methyl sites for hydroxylation is 1. The van der Waals surface area contributed by atoms with Crippen LogP contribution in [0.25, 0.3) is 0 Å². The molecule has 7 heteroatoms. The van der Waals surface area contributed by atoms with Crippen molar-refractivity contribution in [2.45, 2.75) is 25.8 Å². The van der Waals surface area contributed by atoms with Crippen molar-refractivity contribution in [2.24, 2.45) is 11.8 Å². The van der Waals surface area contributed by atoms with Gasteiger partial charge in [0, 0.05) is 45.1 Å². The highest BCUT2D eigenvalue weighted by Crippen LogP contribution is 2.42. The summed E-state index contributed by atoms with van der Waals surface area (Å²) in [6.07, 6.45) is 6.02. The van der Waals surface area contributed by atoms with Crippen molar-refractivity contribution < 1.29 is 9.53 Å². The molecular weight excluding hydrogens is 318 g/mol. The van der Waals surface area contributed by atoms with Crippen LogP contribution in [0.1, 0.15) is 18.5 Å². The molecule has 1 aromatic rings. The van der Waals surface area contributed by atoms with Crippen LogP contribution in [0.3, 0.4) is 0 Å². The fourth-order valence-corrected chi connectivity index (χ4v) is 3.69. The molecule has 1 saturated heterocycles. The molecular formula is C18H29N5O2. The van der Waals surface area contributed by atoms with Crippen molar-refractivity contribution in [3.8, 4) is 0 Å². The molecule has 1 amide bonds. The minimum absolute atomic E-state index is 0.0898. The lowest BCUT2D eigenvalue weighted by Crippen LogP contribution is -2.45. The maximum atomic E-state index is 12.4. The van der Waals surface area contributed by atoms with Crippen molar-refractivity contribution in [1.29, 1.82) is 0 Å². The van der Waals surface area contributed by atoms with E-state index in [1.165, 1.54) is 12.8 Å². The third-order valence-electron chi connectivity index (χ3n) is 5.18. The van der Waals surface area contributed by atoms with Crippen LogP contribution in [0.2, 0.25) is 0 Å². The highest BCUT2D eigenvalue weighted by Gasteiger charge is 2.43. The molecule has 2 heterocycles. The first kappa shape index (κ1) is 18.1. The van der Waals surface area contributed by atoms with E-state index >= 15 is 0 Å². The number of hydrogen-bond donors (Lipinski definition) is 1. The molecule has 0 unspecified atom stereocenters. The van der Waals surface area contributed by atoms with Crippen LogP contribution in [0.4, 0.5) is 5.82 Å². The topological polar surface area (TPSA) is 70.6 Å². The molecule has 2 aliphatic rings. The number of aromatic nitrogens is 2. The van der Waals surface area contributed by atoms with Crippen LogP contribution < -0.4 is 10.2 Å². The lowest BCUT2D eigenvalue weighted by Gasteiger charge is -2.22. The smallest absolute Gasteiger partial charge is 0.234 e. The van der Waals surface area contributed by atoms with E-state index < -0.39 is 0 Å². The Hall–Kier alpha value is -1.73. The maximum absolute atomic E-state index is 12.4. The number of hydrogen-bond acceptors (Lipinski definition) is 6. The lowest BCUT2D eigenvalue weighted by molar-refractivity contribution is -0.122. The average Bonchev–Trinajstić information content (AvgIpc) is 3.35. The summed E-state index contributed by atoms with van der Waals surface area (Å²) in [5.74, 6) is 2.28.